The average molecular weight is 461 g/mol. The molecule has 6 nitrogen and oxygen atoms in total. The van der Waals surface area contributed by atoms with Crippen LogP contribution in [0.2, 0.25) is 0 Å². The molecule has 0 radical (unpaired) electrons. The van der Waals surface area contributed by atoms with Gasteiger partial charge in [0.2, 0.25) is 0 Å². The Labute approximate surface area is 178 Å². The Kier molecular flexibility index (Phi) is 7.52. The lowest BCUT2D eigenvalue weighted by atomic mass is 10.1. The summed E-state index contributed by atoms with van der Waals surface area (Å²) >= 11 is 0. The lowest BCUT2D eigenvalue weighted by Crippen LogP contribution is -2.27. The van der Waals surface area contributed by atoms with E-state index in [0.29, 0.717) is 0 Å². The minimum absolute atomic E-state index is 0.0173. The topological polar surface area (TPSA) is 70.7 Å². The zero-order chi connectivity index (χ0) is 24.1. The molecule has 0 heterocycles. The molecule has 12 heteroatoms. The van der Waals surface area contributed by atoms with Crippen molar-refractivity contribution in [3.63, 3.8) is 0 Å². The molecule has 0 aromatic heterocycles. The molecular formula is C20H17F6N3O3. The van der Waals surface area contributed by atoms with Crippen LogP contribution in [0.3, 0.4) is 0 Å². The Morgan fingerprint density at radius 1 is 0.781 bits per heavy atom. The predicted octanol–water partition coefficient (Wildman–Crippen LogP) is 4.68. The smallest absolute Gasteiger partial charge is 0.322 e. The number of rotatable bonds is 6. The molecule has 0 aliphatic heterocycles. The number of nitrogens with one attached hydrogen (secondary N) is 2. The molecule has 2 amide bonds. The number of amides is 2. The van der Waals surface area contributed by atoms with E-state index in [1.807, 2.05) is 0 Å². The molecule has 172 valence electrons. The normalized spacial score (nSPS) is 11.5. The fraction of sp³-hybridized carbons (Fsp3) is 0.200. The van der Waals surface area contributed by atoms with Gasteiger partial charge in [0.25, 0.3) is 11.8 Å². The van der Waals surface area contributed by atoms with Crippen LogP contribution in [0.1, 0.15) is 11.1 Å². The van der Waals surface area contributed by atoms with Crippen LogP contribution in [-0.2, 0) is 26.8 Å². The molecule has 0 aliphatic rings. The van der Waals surface area contributed by atoms with E-state index in [1.54, 1.807) is 0 Å². The second-order valence-corrected chi connectivity index (χ2v) is 6.33. The predicted molar refractivity (Wildman–Crippen MR) is 103 cm³/mol. The Balaban J connectivity index is 2.20. The van der Waals surface area contributed by atoms with Gasteiger partial charge < -0.3 is 10.6 Å². The van der Waals surface area contributed by atoms with Gasteiger partial charge in [-0.15, -0.1) is 0 Å². The molecule has 2 aromatic carbocycles. The maximum absolute atomic E-state index is 12.7. The maximum Gasteiger partial charge on any atom is 0.416 e. The standard InChI is InChI=1S/C20H17F6N3O3/c1-29(32-2)11-16(17(30)27-14-7-3-12(4-8-14)19(21,22)23)18(31)28-15-9-5-13(6-10-15)20(24,25)26/h3-11H,1-2H3,(H,27,30)(H,28,31). The highest BCUT2D eigenvalue weighted by molar-refractivity contribution is 6.26. The molecule has 2 rings (SSSR count). The Morgan fingerprint density at radius 2 is 1.12 bits per heavy atom. The van der Waals surface area contributed by atoms with E-state index in [-0.39, 0.29) is 11.4 Å². The van der Waals surface area contributed by atoms with Crippen LogP contribution in [0.5, 0.6) is 0 Å². The van der Waals surface area contributed by atoms with E-state index < -0.39 is 40.9 Å². The highest BCUT2D eigenvalue weighted by Gasteiger charge is 2.31. The lowest BCUT2D eigenvalue weighted by molar-refractivity contribution is -0.138. The van der Waals surface area contributed by atoms with Crippen molar-refractivity contribution in [2.24, 2.45) is 0 Å². The average Bonchev–Trinajstić information content (AvgIpc) is 2.71. The molecule has 0 spiro atoms. The maximum atomic E-state index is 12.7. The van der Waals surface area contributed by atoms with Crippen molar-refractivity contribution in [3.05, 3.63) is 71.4 Å². The van der Waals surface area contributed by atoms with Crippen molar-refractivity contribution in [2.75, 3.05) is 24.8 Å². The van der Waals surface area contributed by atoms with E-state index >= 15 is 0 Å². The highest BCUT2D eigenvalue weighted by Crippen LogP contribution is 2.31. The number of hydroxylamine groups is 2. The van der Waals surface area contributed by atoms with Gasteiger partial charge in [-0.2, -0.15) is 26.3 Å². The Hall–Kier alpha value is -3.54. The van der Waals surface area contributed by atoms with Gasteiger partial charge in [0.15, 0.2) is 0 Å². The molecule has 0 saturated carbocycles. The zero-order valence-corrected chi connectivity index (χ0v) is 16.6. The first-order valence-corrected chi connectivity index (χ1v) is 8.77. The van der Waals surface area contributed by atoms with Crippen molar-refractivity contribution in [1.82, 2.24) is 5.06 Å². The molecule has 0 saturated heterocycles. The van der Waals surface area contributed by atoms with Gasteiger partial charge in [-0.25, -0.2) is 0 Å². The quantitative estimate of drug-likeness (QED) is 0.216. The van der Waals surface area contributed by atoms with E-state index in [1.165, 1.54) is 14.2 Å². The molecule has 32 heavy (non-hydrogen) atoms. The molecular weight excluding hydrogens is 444 g/mol. The van der Waals surface area contributed by atoms with E-state index in [2.05, 4.69) is 10.6 Å². The molecule has 0 aliphatic carbocycles. The van der Waals surface area contributed by atoms with Gasteiger partial charge in [0.1, 0.15) is 5.57 Å². The van der Waals surface area contributed by atoms with Crippen LogP contribution in [0.4, 0.5) is 37.7 Å². The monoisotopic (exact) mass is 461 g/mol. The van der Waals surface area contributed by atoms with Gasteiger partial charge in [0.05, 0.1) is 18.2 Å². The number of hydrogen-bond acceptors (Lipinski definition) is 4. The van der Waals surface area contributed by atoms with Gasteiger partial charge in [0, 0.05) is 24.6 Å². The van der Waals surface area contributed by atoms with E-state index in [4.69, 9.17) is 4.84 Å². The van der Waals surface area contributed by atoms with Crippen LogP contribution in [0.25, 0.3) is 0 Å². The molecule has 2 aromatic rings. The minimum Gasteiger partial charge on any atom is -0.322 e. The third-order valence-electron chi connectivity index (χ3n) is 4.03. The summed E-state index contributed by atoms with van der Waals surface area (Å²) in [5.41, 5.74) is -2.40. The first-order chi connectivity index (χ1) is 14.8. The van der Waals surface area contributed by atoms with Gasteiger partial charge in [-0.05, 0) is 48.5 Å². The number of hydrogen-bond donors (Lipinski definition) is 2. The summed E-state index contributed by atoms with van der Waals surface area (Å²) in [5.74, 6) is -1.98. The second kappa shape index (κ2) is 9.73. The summed E-state index contributed by atoms with van der Waals surface area (Å²) in [6, 6.07) is 7.03. The molecule has 0 atom stereocenters. The van der Waals surface area contributed by atoms with E-state index in [0.717, 1.165) is 59.8 Å². The van der Waals surface area contributed by atoms with Crippen molar-refractivity contribution < 1.29 is 40.8 Å². The molecule has 2 N–H and O–H groups in total. The van der Waals surface area contributed by atoms with Crippen LogP contribution >= 0.6 is 0 Å². The van der Waals surface area contributed by atoms with Gasteiger partial charge in [-0.1, -0.05) is 0 Å². The van der Waals surface area contributed by atoms with Crippen molar-refractivity contribution in [1.29, 1.82) is 0 Å². The third kappa shape index (κ3) is 6.74. The zero-order valence-electron chi connectivity index (χ0n) is 16.6. The third-order valence-corrected chi connectivity index (χ3v) is 4.03. The largest absolute Gasteiger partial charge is 0.416 e. The summed E-state index contributed by atoms with van der Waals surface area (Å²) in [5, 5.41) is 5.57. The minimum atomic E-state index is -4.56. The summed E-state index contributed by atoms with van der Waals surface area (Å²) in [6.07, 6.45) is -8.12. The second-order valence-electron chi connectivity index (χ2n) is 6.33. The van der Waals surface area contributed by atoms with Crippen LogP contribution < -0.4 is 10.6 Å². The van der Waals surface area contributed by atoms with Gasteiger partial charge >= 0.3 is 12.4 Å². The first-order valence-electron chi connectivity index (χ1n) is 8.77. The van der Waals surface area contributed by atoms with Crippen molar-refractivity contribution >= 4 is 23.2 Å². The number of benzene rings is 2. The number of anilines is 2. The molecule has 0 unspecified atom stereocenters. The number of carbonyl (C=O) groups is 2. The van der Waals surface area contributed by atoms with E-state index in [9.17, 15) is 35.9 Å². The summed E-state index contributed by atoms with van der Waals surface area (Å²) < 4.78 is 76.0. The molecule has 0 fully saturated rings. The van der Waals surface area contributed by atoms with Gasteiger partial charge in [-0.3, -0.25) is 19.5 Å². The summed E-state index contributed by atoms with van der Waals surface area (Å²) in [6.45, 7) is 0. The first kappa shape index (κ1) is 24.7. The van der Waals surface area contributed by atoms with Crippen molar-refractivity contribution in [2.45, 2.75) is 12.4 Å². The number of carbonyl (C=O) groups excluding carboxylic acids is 2. The fourth-order valence-corrected chi connectivity index (χ4v) is 2.34. The van der Waals surface area contributed by atoms with Crippen molar-refractivity contribution in [3.8, 4) is 0 Å². The lowest BCUT2D eigenvalue weighted by Gasteiger charge is -2.15. The molecule has 0 bridgehead atoms. The SMILES string of the molecule is CON(C)C=C(C(=O)Nc1ccc(C(F)(F)F)cc1)C(=O)Nc1ccc(C(F)(F)F)cc1. The highest BCUT2D eigenvalue weighted by atomic mass is 19.4. The number of nitrogens with zero attached hydrogens (tertiary/aromatic N) is 1. The number of alkyl halides is 6. The fourth-order valence-electron chi connectivity index (χ4n) is 2.34. The summed E-state index contributed by atoms with van der Waals surface area (Å²) in [7, 11) is 2.60. The number of halogens is 6. The van der Waals surface area contributed by atoms with Crippen LogP contribution in [0, 0.1) is 0 Å². The Bertz CT molecular complexity index is 910. The van der Waals surface area contributed by atoms with Crippen LogP contribution in [0.15, 0.2) is 60.3 Å². The summed E-state index contributed by atoms with van der Waals surface area (Å²) in [4.78, 5) is 30.0. The van der Waals surface area contributed by atoms with Crippen LogP contribution in [-0.4, -0.2) is 31.0 Å². The Morgan fingerprint density at radius 3 is 1.41 bits per heavy atom.